The van der Waals surface area contributed by atoms with E-state index in [0.717, 1.165) is 47.4 Å². The summed E-state index contributed by atoms with van der Waals surface area (Å²) >= 11 is 1.72. The molecular formula is C28H39IN2O2S. The molecule has 2 aromatic rings. The van der Waals surface area contributed by atoms with Gasteiger partial charge in [-0.15, -0.1) is 11.3 Å². The third-order valence-electron chi connectivity index (χ3n) is 7.46. The Morgan fingerprint density at radius 2 is 1.71 bits per heavy atom. The SMILES string of the molecule is Cc1ccc(-c2ccc(/C=C/C(=O)NC3CCC(C[N+](C)(C)C4CCOCC4)CC3)s2)cc1.[I-]. The van der Waals surface area contributed by atoms with Crippen LogP contribution in [-0.4, -0.2) is 56.3 Å². The lowest BCUT2D eigenvalue weighted by atomic mass is 9.84. The summed E-state index contributed by atoms with van der Waals surface area (Å²) in [5, 5.41) is 3.24. The summed E-state index contributed by atoms with van der Waals surface area (Å²) < 4.78 is 6.66. The van der Waals surface area contributed by atoms with Crippen LogP contribution in [0.5, 0.6) is 0 Å². The third kappa shape index (κ3) is 7.64. The quantitative estimate of drug-likeness (QED) is 0.304. The van der Waals surface area contributed by atoms with E-state index < -0.39 is 0 Å². The first-order valence-corrected chi connectivity index (χ1v) is 13.3. The topological polar surface area (TPSA) is 38.3 Å². The summed E-state index contributed by atoms with van der Waals surface area (Å²) in [6, 6.07) is 13.8. The Kier molecular flexibility index (Phi) is 10.2. The zero-order chi connectivity index (χ0) is 23.3. The Morgan fingerprint density at radius 1 is 1.03 bits per heavy atom. The van der Waals surface area contributed by atoms with Crippen molar-refractivity contribution in [3.63, 3.8) is 0 Å². The van der Waals surface area contributed by atoms with Gasteiger partial charge in [0.15, 0.2) is 0 Å². The normalized spacial score (nSPS) is 21.9. The van der Waals surface area contributed by atoms with Crippen molar-refractivity contribution in [1.29, 1.82) is 0 Å². The number of nitrogens with one attached hydrogen (secondary N) is 1. The molecule has 1 aromatic heterocycles. The number of carbonyl (C=O) groups is 1. The first kappa shape index (κ1) is 27.4. The molecule has 1 saturated carbocycles. The maximum atomic E-state index is 12.5. The van der Waals surface area contributed by atoms with E-state index in [1.54, 1.807) is 17.4 Å². The lowest BCUT2D eigenvalue weighted by Crippen LogP contribution is -3.00. The minimum absolute atomic E-state index is 0. The Hall–Kier alpha value is -1.22. The highest BCUT2D eigenvalue weighted by atomic mass is 127. The van der Waals surface area contributed by atoms with Crippen molar-refractivity contribution in [1.82, 2.24) is 5.32 Å². The number of hydrogen-bond acceptors (Lipinski definition) is 3. The van der Waals surface area contributed by atoms with E-state index in [9.17, 15) is 4.79 Å². The molecule has 2 fully saturated rings. The van der Waals surface area contributed by atoms with Crippen molar-refractivity contribution in [3.8, 4) is 10.4 Å². The number of nitrogens with zero attached hydrogens (tertiary/aromatic N) is 1. The fraction of sp³-hybridized carbons (Fsp3) is 0.536. The van der Waals surface area contributed by atoms with Crippen LogP contribution < -0.4 is 29.3 Å². The fourth-order valence-electron chi connectivity index (χ4n) is 5.41. The van der Waals surface area contributed by atoms with Gasteiger partial charge in [-0.2, -0.15) is 0 Å². The van der Waals surface area contributed by atoms with Crippen molar-refractivity contribution in [2.45, 2.75) is 57.5 Å². The van der Waals surface area contributed by atoms with Gasteiger partial charge in [-0.3, -0.25) is 4.79 Å². The predicted molar refractivity (Wildman–Crippen MR) is 138 cm³/mol. The van der Waals surface area contributed by atoms with Crippen LogP contribution in [-0.2, 0) is 9.53 Å². The molecule has 1 aliphatic heterocycles. The second-order valence-corrected chi connectivity index (χ2v) is 11.5. The van der Waals surface area contributed by atoms with Crippen LogP contribution in [0.15, 0.2) is 42.5 Å². The van der Waals surface area contributed by atoms with Gasteiger partial charge in [0.1, 0.15) is 0 Å². The number of benzene rings is 1. The van der Waals surface area contributed by atoms with Crippen LogP contribution in [0.3, 0.4) is 0 Å². The molecule has 4 nitrogen and oxygen atoms in total. The molecule has 0 spiro atoms. The molecule has 1 aliphatic carbocycles. The molecule has 4 rings (SSSR count). The highest BCUT2D eigenvalue weighted by Gasteiger charge is 2.34. The Balaban J connectivity index is 0.00000324. The molecule has 0 atom stereocenters. The average Bonchev–Trinajstić information content (AvgIpc) is 3.29. The van der Waals surface area contributed by atoms with E-state index in [4.69, 9.17) is 4.74 Å². The number of aryl methyl sites for hydroxylation is 1. The molecule has 0 bridgehead atoms. The smallest absolute Gasteiger partial charge is 0.244 e. The maximum Gasteiger partial charge on any atom is 0.244 e. The zero-order valence-electron chi connectivity index (χ0n) is 20.8. The maximum absolute atomic E-state index is 12.5. The lowest BCUT2D eigenvalue weighted by molar-refractivity contribution is -0.920. The molecule has 2 aliphatic rings. The lowest BCUT2D eigenvalue weighted by Gasteiger charge is -2.43. The molecule has 34 heavy (non-hydrogen) atoms. The minimum atomic E-state index is 0. The first-order chi connectivity index (χ1) is 15.9. The molecule has 0 unspecified atom stereocenters. The number of halogens is 1. The van der Waals surface area contributed by atoms with Crippen molar-refractivity contribution < 1.29 is 38.0 Å². The number of carbonyl (C=O) groups excluding carboxylic acids is 1. The summed E-state index contributed by atoms with van der Waals surface area (Å²) in [6.45, 7) is 5.17. The summed E-state index contributed by atoms with van der Waals surface area (Å²) in [5.74, 6) is 0.792. The number of thiophene rings is 1. The summed E-state index contributed by atoms with van der Waals surface area (Å²) in [7, 11) is 4.78. The summed E-state index contributed by atoms with van der Waals surface area (Å²) in [4.78, 5) is 14.8. The molecule has 186 valence electrons. The third-order valence-corrected chi connectivity index (χ3v) is 8.56. The van der Waals surface area contributed by atoms with Crippen LogP contribution in [0, 0.1) is 12.8 Å². The molecule has 1 N–H and O–H groups in total. The molecule has 1 saturated heterocycles. The zero-order valence-corrected chi connectivity index (χ0v) is 23.7. The standard InChI is InChI=1S/C28H38N2O2S.HI/c1-21-4-8-23(9-5-21)27-14-12-26(33-27)13-15-28(31)29-24-10-6-22(7-11-24)20-30(2,3)25-16-18-32-19-17-25;/h4-5,8-9,12-15,22,24-25H,6-7,10-11,16-20H2,1-3H3;1H/b15-13+;. The van der Waals surface area contributed by atoms with Gasteiger partial charge in [0.05, 0.1) is 39.9 Å². The van der Waals surface area contributed by atoms with Gasteiger partial charge >= 0.3 is 0 Å². The van der Waals surface area contributed by atoms with Gasteiger partial charge in [0, 0.05) is 40.6 Å². The van der Waals surface area contributed by atoms with Gasteiger partial charge in [-0.1, -0.05) is 29.8 Å². The van der Waals surface area contributed by atoms with Crippen LogP contribution in [0.25, 0.3) is 16.5 Å². The number of ether oxygens (including phenoxy) is 1. The monoisotopic (exact) mass is 594 g/mol. The minimum Gasteiger partial charge on any atom is -1.00 e. The van der Waals surface area contributed by atoms with E-state index in [0.29, 0.717) is 6.04 Å². The second-order valence-electron chi connectivity index (χ2n) is 10.4. The molecule has 0 radical (unpaired) electrons. The molecule has 1 aromatic carbocycles. The number of rotatable bonds is 7. The first-order valence-electron chi connectivity index (χ1n) is 12.4. The Bertz CT molecular complexity index is 940. The highest BCUT2D eigenvalue weighted by molar-refractivity contribution is 7.16. The Labute approximate surface area is 226 Å². The number of hydrogen-bond donors (Lipinski definition) is 1. The van der Waals surface area contributed by atoms with E-state index in [1.165, 1.54) is 48.2 Å². The number of quaternary nitrogens is 1. The average molecular weight is 595 g/mol. The van der Waals surface area contributed by atoms with Crippen LogP contribution in [0.2, 0.25) is 0 Å². The van der Waals surface area contributed by atoms with Crippen molar-refractivity contribution in [3.05, 3.63) is 52.9 Å². The predicted octanol–water partition coefficient (Wildman–Crippen LogP) is 2.67. The molecule has 1 amide bonds. The summed E-state index contributed by atoms with van der Waals surface area (Å²) in [5.41, 5.74) is 2.49. The van der Waals surface area contributed by atoms with E-state index in [1.807, 2.05) is 6.08 Å². The highest BCUT2D eigenvalue weighted by Crippen LogP contribution is 2.30. The van der Waals surface area contributed by atoms with E-state index in [2.05, 4.69) is 62.7 Å². The van der Waals surface area contributed by atoms with E-state index >= 15 is 0 Å². The number of amides is 1. The largest absolute Gasteiger partial charge is 1.00 e. The van der Waals surface area contributed by atoms with Crippen molar-refractivity contribution in [2.75, 3.05) is 33.9 Å². The summed E-state index contributed by atoms with van der Waals surface area (Å²) in [6.07, 6.45) is 10.6. The molecule has 6 heteroatoms. The fourth-order valence-corrected chi connectivity index (χ4v) is 6.33. The van der Waals surface area contributed by atoms with Crippen LogP contribution in [0.4, 0.5) is 0 Å². The van der Waals surface area contributed by atoms with Gasteiger partial charge in [0.25, 0.3) is 0 Å². The van der Waals surface area contributed by atoms with Crippen LogP contribution >= 0.6 is 11.3 Å². The van der Waals surface area contributed by atoms with Gasteiger partial charge < -0.3 is 38.5 Å². The van der Waals surface area contributed by atoms with Crippen molar-refractivity contribution >= 4 is 23.3 Å². The second kappa shape index (κ2) is 12.7. The molecule has 2 heterocycles. The van der Waals surface area contributed by atoms with Crippen LogP contribution in [0.1, 0.15) is 49.0 Å². The molecular weight excluding hydrogens is 555 g/mol. The van der Waals surface area contributed by atoms with E-state index in [-0.39, 0.29) is 29.9 Å². The van der Waals surface area contributed by atoms with Gasteiger partial charge in [-0.25, -0.2) is 0 Å². The Morgan fingerprint density at radius 3 is 2.38 bits per heavy atom. The van der Waals surface area contributed by atoms with Crippen molar-refractivity contribution in [2.24, 2.45) is 5.92 Å². The van der Waals surface area contributed by atoms with Gasteiger partial charge in [0.2, 0.25) is 5.91 Å². The van der Waals surface area contributed by atoms with Gasteiger partial charge in [-0.05, 0) is 56.4 Å².